The van der Waals surface area contributed by atoms with Gasteiger partial charge in [-0.3, -0.25) is 0 Å². The van der Waals surface area contributed by atoms with Gasteiger partial charge in [0.2, 0.25) is 11.6 Å². The maximum Gasteiger partial charge on any atom is 0.330 e. The molecule has 0 aliphatic heterocycles. The molecule has 0 bridgehead atoms. The first kappa shape index (κ1) is 18.1. The normalized spacial score (nSPS) is 10.5. The van der Waals surface area contributed by atoms with Crippen LogP contribution in [0.2, 0.25) is 0 Å². The summed E-state index contributed by atoms with van der Waals surface area (Å²) in [6.45, 7) is 2.06. The molecule has 2 N–H and O–H groups in total. The van der Waals surface area contributed by atoms with Crippen molar-refractivity contribution in [2.45, 2.75) is 6.92 Å². The largest absolute Gasteiger partial charge is 0.493 e. The number of anilines is 1. The van der Waals surface area contributed by atoms with E-state index in [9.17, 15) is 4.79 Å². The summed E-state index contributed by atoms with van der Waals surface area (Å²) >= 11 is 0. The minimum absolute atomic E-state index is 0.317. The summed E-state index contributed by atoms with van der Waals surface area (Å²) in [5, 5.41) is 0. The predicted octanol–water partition coefficient (Wildman–Crippen LogP) is 3.05. The van der Waals surface area contributed by atoms with Crippen LogP contribution in [0.5, 0.6) is 23.1 Å². The molecule has 0 radical (unpaired) electrons. The Morgan fingerprint density at radius 1 is 1.20 bits per heavy atom. The van der Waals surface area contributed by atoms with E-state index in [0.717, 1.165) is 0 Å². The number of rotatable bonds is 7. The zero-order valence-corrected chi connectivity index (χ0v) is 14.3. The molecule has 0 unspecified atom stereocenters. The average Bonchev–Trinajstić information content (AvgIpc) is 2.62. The summed E-state index contributed by atoms with van der Waals surface area (Å²) < 4.78 is 21.4. The fraction of sp³-hybridized carbons (Fsp3) is 0.222. The van der Waals surface area contributed by atoms with E-state index >= 15 is 0 Å². The van der Waals surface area contributed by atoms with E-state index in [1.54, 1.807) is 37.3 Å². The SMILES string of the molecule is CCOC(=O)C=Cc1cc(OC)c(Oc2ccc(N)cn2)c(OC)c1. The summed E-state index contributed by atoms with van der Waals surface area (Å²) in [7, 11) is 3.02. The van der Waals surface area contributed by atoms with Crippen molar-refractivity contribution in [2.75, 3.05) is 26.6 Å². The minimum atomic E-state index is -0.424. The van der Waals surface area contributed by atoms with Gasteiger partial charge in [0.25, 0.3) is 0 Å². The van der Waals surface area contributed by atoms with Crippen molar-refractivity contribution >= 4 is 17.7 Å². The van der Waals surface area contributed by atoms with Crippen LogP contribution < -0.4 is 19.9 Å². The standard InChI is InChI=1S/C18H20N2O5/c1-4-24-17(21)8-5-12-9-14(22-2)18(15(10-12)23-3)25-16-7-6-13(19)11-20-16/h5-11H,4,19H2,1-3H3. The number of carbonyl (C=O) groups is 1. The first-order valence-corrected chi connectivity index (χ1v) is 7.57. The zero-order chi connectivity index (χ0) is 18.2. The first-order chi connectivity index (χ1) is 12.1. The van der Waals surface area contributed by atoms with E-state index in [1.165, 1.54) is 26.5 Å². The highest BCUT2D eigenvalue weighted by Crippen LogP contribution is 2.41. The number of aromatic nitrogens is 1. The lowest BCUT2D eigenvalue weighted by molar-refractivity contribution is -0.137. The molecule has 0 aliphatic rings. The van der Waals surface area contributed by atoms with Gasteiger partial charge in [0.1, 0.15) is 0 Å². The van der Waals surface area contributed by atoms with Crippen LogP contribution in [-0.2, 0) is 9.53 Å². The molecule has 0 saturated carbocycles. The number of ether oxygens (including phenoxy) is 4. The highest BCUT2D eigenvalue weighted by molar-refractivity contribution is 5.87. The minimum Gasteiger partial charge on any atom is -0.493 e. The Hall–Kier alpha value is -3.22. The van der Waals surface area contributed by atoms with E-state index in [-0.39, 0.29) is 0 Å². The zero-order valence-electron chi connectivity index (χ0n) is 14.3. The molecule has 1 aromatic heterocycles. The predicted molar refractivity (Wildman–Crippen MR) is 93.9 cm³/mol. The van der Waals surface area contributed by atoms with Gasteiger partial charge in [-0.05, 0) is 36.8 Å². The molecule has 0 fully saturated rings. The van der Waals surface area contributed by atoms with Crippen LogP contribution in [0.15, 0.2) is 36.5 Å². The molecule has 0 saturated heterocycles. The highest BCUT2D eigenvalue weighted by Gasteiger charge is 2.15. The monoisotopic (exact) mass is 344 g/mol. The Morgan fingerprint density at radius 2 is 1.88 bits per heavy atom. The number of nitrogen functional groups attached to an aromatic ring is 1. The summed E-state index contributed by atoms with van der Waals surface area (Å²) in [5.74, 6) is 1.16. The van der Waals surface area contributed by atoms with Crippen LogP contribution in [0.3, 0.4) is 0 Å². The van der Waals surface area contributed by atoms with Crippen LogP contribution in [0, 0.1) is 0 Å². The van der Waals surface area contributed by atoms with Crippen molar-refractivity contribution in [3.63, 3.8) is 0 Å². The van der Waals surface area contributed by atoms with Crippen LogP contribution >= 0.6 is 0 Å². The summed E-state index contributed by atoms with van der Waals surface area (Å²) in [6.07, 6.45) is 4.43. The van der Waals surface area contributed by atoms with E-state index in [0.29, 0.717) is 41.0 Å². The molecule has 132 valence electrons. The van der Waals surface area contributed by atoms with E-state index in [1.807, 2.05) is 0 Å². The number of hydrogen-bond donors (Lipinski definition) is 1. The number of pyridine rings is 1. The Labute approximate surface area is 146 Å². The molecule has 2 aromatic rings. The van der Waals surface area contributed by atoms with Gasteiger partial charge in [-0.1, -0.05) is 0 Å². The summed E-state index contributed by atoms with van der Waals surface area (Å²) in [6, 6.07) is 6.75. The van der Waals surface area contributed by atoms with Crippen LogP contribution in [-0.4, -0.2) is 31.8 Å². The Bertz CT molecular complexity index is 732. The van der Waals surface area contributed by atoms with Crippen molar-refractivity contribution < 1.29 is 23.7 Å². The molecule has 1 aromatic carbocycles. The molecule has 0 aliphatic carbocycles. The van der Waals surface area contributed by atoms with Gasteiger partial charge in [-0.2, -0.15) is 0 Å². The molecular formula is C18H20N2O5. The average molecular weight is 344 g/mol. The lowest BCUT2D eigenvalue weighted by Crippen LogP contribution is -1.99. The summed E-state index contributed by atoms with van der Waals surface area (Å²) in [5.41, 5.74) is 6.85. The number of methoxy groups -OCH3 is 2. The molecule has 7 heteroatoms. The maximum absolute atomic E-state index is 11.4. The smallest absolute Gasteiger partial charge is 0.330 e. The van der Waals surface area contributed by atoms with Gasteiger partial charge in [-0.25, -0.2) is 9.78 Å². The third-order valence-electron chi connectivity index (χ3n) is 3.15. The number of hydrogen-bond acceptors (Lipinski definition) is 7. The van der Waals surface area contributed by atoms with Crippen LogP contribution in [0.4, 0.5) is 5.69 Å². The third kappa shape index (κ3) is 4.87. The second-order valence-electron chi connectivity index (χ2n) is 4.87. The van der Waals surface area contributed by atoms with Gasteiger partial charge in [0.05, 0.1) is 32.7 Å². The Morgan fingerprint density at radius 3 is 2.40 bits per heavy atom. The molecule has 2 rings (SSSR count). The second kappa shape index (κ2) is 8.58. The number of nitrogens with zero attached hydrogens (tertiary/aromatic N) is 1. The molecule has 0 spiro atoms. The first-order valence-electron chi connectivity index (χ1n) is 7.57. The fourth-order valence-corrected chi connectivity index (χ4v) is 2.01. The van der Waals surface area contributed by atoms with Gasteiger partial charge >= 0.3 is 5.97 Å². The quantitative estimate of drug-likeness (QED) is 0.609. The third-order valence-corrected chi connectivity index (χ3v) is 3.15. The molecule has 7 nitrogen and oxygen atoms in total. The maximum atomic E-state index is 11.4. The van der Waals surface area contributed by atoms with E-state index < -0.39 is 5.97 Å². The summed E-state index contributed by atoms with van der Waals surface area (Å²) in [4.78, 5) is 15.5. The van der Waals surface area contributed by atoms with Gasteiger partial charge in [-0.15, -0.1) is 0 Å². The van der Waals surface area contributed by atoms with E-state index in [2.05, 4.69) is 4.98 Å². The van der Waals surface area contributed by atoms with Crippen LogP contribution in [0.1, 0.15) is 12.5 Å². The van der Waals surface area contributed by atoms with Crippen molar-refractivity contribution in [2.24, 2.45) is 0 Å². The molecular weight excluding hydrogens is 324 g/mol. The van der Waals surface area contributed by atoms with Gasteiger partial charge < -0.3 is 24.7 Å². The van der Waals surface area contributed by atoms with Crippen molar-refractivity contribution in [3.8, 4) is 23.1 Å². The molecule has 0 amide bonds. The topological polar surface area (TPSA) is 92.9 Å². The molecule has 25 heavy (non-hydrogen) atoms. The fourth-order valence-electron chi connectivity index (χ4n) is 2.01. The number of benzene rings is 1. The number of nitrogens with two attached hydrogens (primary N) is 1. The van der Waals surface area contributed by atoms with E-state index in [4.69, 9.17) is 24.7 Å². The lowest BCUT2D eigenvalue weighted by Gasteiger charge is -2.14. The van der Waals surface area contributed by atoms with Gasteiger partial charge in [0, 0.05) is 12.1 Å². The van der Waals surface area contributed by atoms with Gasteiger partial charge in [0.15, 0.2) is 11.5 Å². The Kier molecular flexibility index (Phi) is 6.22. The van der Waals surface area contributed by atoms with Crippen molar-refractivity contribution in [1.29, 1.82) is 0 Å². The van der Waals surface area contributed by atoms with Crippen LogP contribution in [0.25, 0.3) is 6.08 Å². The van der Waals surface area contributed by atoms with Crippen molar-refractivity contribution in [3.05, 3.63) is 42.1 Å². The van der Waals surface area contributed by atoms with Crippen molar-refractivity contribution in [1.82, 2.24) is 4.98 Å². The number of carbonyl (C=O) groups excluding carboxylic acids is 1. The number of esters is 1. The lowest BCUT2D eigenvalue weighted by atomic mass is 10.1. The molecule has 1 heterocycles. The Balaban J connectivity index is 2.33. The second-order valence-corrected chi connectivity index (χ2v) is 4.87. The molecule has 0 atom stereocenters. The highest BCUT2D eigenvalue weighted by atomic mass is 16.5.